The first kappa shape index (κ1) is 20.3. The Morgan fingerprint density at radius 3 is 2.28 bits per heavy atom. The van der Waals surface area contributed by atoms with E-state index in [1.54, 1.807) is 0 Å². The Bertz CT molecular complexity index is 556. The van der Waals surface area contributed by atoms with Crippen LogP contribution in [-0.4, -0.2) is 22.0 Å². The fourth-order valence-electron chi connectivity index (χ4n) is 3.35. The number of hydrogen-bond donors (Lipinski definition) is 0. The summed E-state index contributed by atoms with van der Waals surface area (Å²) in [4.78, 5) is 0. The van der Waals surface area contributed by atoms with Gasteiger partial charge in [-0.15, -0.1) is 0 Å². The number of fused-ring (bicyclic) bond motifs is 1. The van der Waals surface area contributed by atoms with Crippen LogP contribution >= 0.6 is 0 Å². The van der Waals surface area contributed by atoms with E-state index in [4.69, 9.17) is 9.47 Å². The van der Waals surface area contributed by atoms with Crippen LogP contribution in [0.5, 0.6) is 11.5 Å². The summed E-state index contributed by atoms with van der Waals surface area (Å²) in [6.45, 7) is 6.85. The minimum atomic E-state index is -0.755. The fraction of sp³-hybridized carbons (Fsp3) is 0.714. The lowest BCUT2D eigenvalue weighted by Crippen LogP contribution is -2.17. The average molecular weight is 367 g/mol. The van der Waals surface area contributed by atoms with Crippen LogP contribution in [0.1, 0.15) is 76.8 Å². The van der Waals surface area contributed by atoms with Gasteiger partial charge in [-0.2, -0.15) is 0 Å². The highest BCUT2D eigenvalue weighted by Gasteiger charge is 2.19. The van der Waals surface area contributed by atoms with Crippen LogP contribution in [0, 0.1) is 0 Å². The summed E-state index contributed by atoms with van der Waals surface area (Å²) in [7, 11) is -0.755. The molecule has 0 spiro atoms. The summed E-state index contributed by atoms with van der Waals surface area (Å²) in [5.74, 6) is 2.53. The normalized spacial score (nSPS) is 15.3. The van der Waals surface area contributed by atoms with Crippen LogP contribution in [-0.2, 0) is 23.6 Å². The zero-order chi connectivity index (χ0) is 18.1. The van der Waals surface area contributed by atoms with E-state index in [1.807, 2.05) is 0 Å². The first-order valence-electron chi connectivity index (χ1n) is 9.94. The smallest absolute Gasteiger partial charge is 0.231 e. The Kier molecular flexibility index (Phi) is 8.80. The molecule has 0 aliphatic carbocycles. The monoisotopic (exact) mass is 366 g/mol. The number of hydrogen-bond acceptors (Lipinski definition) is 3. The van der Waals surface area contributed by atoms with E-state index in [0.29, 0.717) is 6.79 Å². The van der Waals surface area contributed by atoms with Gasteiger partial charge in [0.15, 0.2) is 11.5 Å². The molecule has 2 rings (SSSR count). The number of ether oxygens (including phenoxy) is 2. The quantitative estimate of drug-likeness (QED) is 0.464. The highest BCUT2D eigenvalue weighted by molar-refractivity contribution is 7.85. The molecule has 2 unspecified atom stereocenters. The van der Waals surface area contributed by atoms with E-state index in [-0.39, 0.29) is 5.25 Å². The lowest BCUT2D eigenvalue weighted by atomic mass is 9.98. The summed E-state index contributed by atoms with van der Waals surface area (Å²) < 4.78 is 23.6. The van der Waals surface area contributed by atoms with Gasteiger partial charge in [-0.05, 0) is 42.5 Å². The van der Waals surface area contributed by atoms with Gasteiger partial charge in [-0.1, -0.05) is 59.3 Å². The zero-order valence-corrected chi connectivity index (χ0v) is 17.0. The predicted molar refractivity (Wildman–Crippen MR) is 106 cm³/mol. The van der Waals surface area contributed by atoms with Crippen molar-refractivity contribution in [1.82, 2.24) is 0 Å². The number of unbranched alkanes of at least 4 members (excludes halogenated alkanes) is 5. The molecule has 0 bridgehead atoms. The highest BCUT2D eigenvalue weighted by Crippen LogP contribution is 2.36. The van der Waals surface area contributed by atoms with Gasteiger partial charge in [0.25, 0.3) is 0 Å². The Hall–Kier alpha value is -1.03. The molecule has 0 saturated heterocycles. The van der Waals surface area contributed by atoms with Gasteiger partial charge in [-0.25, -0.2) is 0 Å². The number of aryl methyl sites for hydroxylation is 1. The second-order valence-corrected chi connectivity index (χ2v) is 9.07. The van der Waals surface area contributed by atoms with Gasteiger partial charge in [-0.3, -0.25) is 4.21 Å². The van der Waals surface area contributed by atoms with E-state index in [1.165, 1.54) is 43.2 Å². The third-order valence-electron chi connectivity index (χ3n) is 4.87. The Balaban J connectivity index is 1.86. The first-order chi connectivity index (χ1) is 12.2. The second kappa shape index (κ2) is 10.8. The maximum Gasteiger partial charge on any atom is 0.231 e. The molecule has 4 heteroatoms. The molecule has 0 N–H and O–H groups in total. The van der Waals surface area contributed by atoms with Gasteiger partial charge in [0, 0.05) is 21.8 Å². The Labute approximate surface area is 156 Å². The van der Waals surface area contributed by atoms with Crippen molar-refractivity contribution >= 4 is 10.8 Å². The molecule has 1 aliphatic rings. The topological polar surface area (TPSA) is 35.5 Å². The molecule has 25 heavy (non-hydrogen) atoms. The highest BCUT2D eigenvalue weighted by atomic mass is 32.2. The lowest BCUT2D eigenvalue weighted by Gasteiger charge is -2.15. The van der Waals surface area contributed by atoms with Crippen molar-refractivity contribution in [3.05, 3.63) is 23.3 Å². The molecule has 2 atom stereocenters. The number of benzene rings is 1. The molecule has 0 radical (unpaired) electrons. The third-order valence-corrected chi connectivity index (χ3v) is 6.62. The summed E-state index contributed by atoms with van der Waals surface area (Å²) in [5, 5.41) is 0.187. The van der Waals surface area contributed by atoms with Crippen LogP contribution in [0.25, 0.3) is 0 Å². The summed E-state index contributed by atoms with van der Waals surface area (Å²) in [5.41, 5.74) is 2.59. The van der Waals surface area contributed by atoms with Crippen LogP contribution in [0.3, 0.4) is 0 Å². The molecule has 1 aliphatic heterocycles. The Morgan fingerprint density at radius 2 is 1.60 bits per heavy atom. The molecule has 0 saturated carbocycles. The third kappa shape index (κ3) is 6.32. The molecular formula is C21H34O3S. The van der Waals surface area contributed by atoms with E-state index in [0.717, 1.165) is 42.9 Å². The fourth-order valence-corrected chi connectivity index (χ4v) is 4.60. The predicted octanol–water partition coefficient (Wildman–Crippen LogP) is 5.41. The van der Waals surface area contributed by atoms with Crippen molar-refractivity contribution in [3.63, 3.8) is 0 Å². The van der Waals surface area contributed by atoms with Crippen LogP contribution < -0.4 is 9.47 Å². The Morgan fingerprint density at radius 1 is 0.960 bits per heavy atom. The van der Waals surface area contributed by atoms with Crippen molar-refractivity contribution in [1.29, 1.82) is 0 Å². The van der Waals surface area contributed by atoms with E-state index < -0.39 is 10.8 Å². The lowest BCUT2D eigenvalue weighted by molar-refractivity contribution is 0.174. The maximum absolute atomic E-state index is 12.6. The average Bonchev–Trinajstić information content (AvgIpc) is 3.05. The molecule has 3 nitrogen and oxygen atoms in total. The van der Waals surface area contributed by atoms with Crippen molar-refractivity contribution in [2.75, 3.05) is 12.5 Å². The molecular weight excluding hydrogens is 332 g/mol. The molecule has 0 aromatic heterocycles. The zero-order valence-electron chi connectivity index (χ0n) is 16.1. The van der Waals surface area contributed by atoms with E-state index in [2.05, 4.69) is 32.9 Å². The minimum absolute atomic E-state index is 0.187. The van der Waals surface area contributed by atoms with Crippen LogP contribution in [0.4, 0.5) is 0 Å². The van der Waals surface area contributed by atoms with Crippen LogP contribution in [0.2, 0.25) is 0 Å². The maximum atomic E-state index is 12.6. The van der Waals surface area contributed by atoms with Gasteiger partial charge in [0.1, 0.15) is 0 Å². The summed E-state index contributed by atoms with van der Waals surface area (Å²) >= 11 is 0. The van der Waals surface area contributed by atoms with Crippen molar-refractivity contribution in [2.45, 2.75) is 83.8 Å². The largest absolute Gasteiger partial charge is 0.454 e. The second-order valence-electron chi connectivity index (χ2n) is 7.09. The van der Waals surface area contributed by atoms with E-state index >= 15 is 0 Å². The molecule has 142 valence electrons. The van der Waals surface area contributed by atoms with Gasteiger partial charge >= 0.3 is 0 Å². The van der Waals surface area contributed by atoms with E-state index in [9.17, 15) is 4.21 Å². The molecule has 1 heterocycles. The summed E-state index contributed by atoms with van der Waals surface area (Å²) in [6, 6.07) is 4.22. The van der Waals surface area contributed by atoms with Crippen molar-refractivity contribution in [2.24, 2.45) is 0 Å². The molecule has 1 aromatic carbocycles. The van der Waals surface area contributed by atoms with Crippen molar-refractivity contribution in [3.8, 4) is 11.5 Å². The van der Waals surface area contributed by atoms with Gasteiger partial charge < -0.3 is 9.47 Å². The molecule has 0 fully saturated rings. The van der Waals surface area contributed by atoms with Gasteiger partial charge in [0.05, 0.1) is 0 Å². The van der Waals surface area contributed by atoms with Gasteiger partial charge in [0.2, 0.25) is 6.79 Å². The standard InChI is InChI=1S/C21H34O3S/c1-4-6-7-8-9-10-12-25(22)17(3)13-19-15-21-20(23-16-24-21)14-18(19)11-5-2/h14-15,17H,4-13,16H2,1-3H3. The first-order valence-corrected chi connectivity index (χ1v) is 11.3. The number of rotatable bonds is 12. The SMILES string of the molecule is CCCCCCCCS(=O)C(C)Cc1cc2c(cc1CCC)OCO2. The molecule has 0 amide bonds. The summed E-state index contributed by atoms with van der Waals surface area (Å²) in [6.07, 6.45) is 10.5. The molecule has 1 aromatic rings. The van der Waals surface area contributed by atoms with Crippen molar-refractivity contribution < 1.29 is 13.7 Å². The minimum Gasteiger partial charge on any atom is -0.454 e. The van der Waals surface area contributed by atoms with Crippen LogP contribution in [0.15, 0.2) is 12.1 Å².